The van der Waals surface area contributed by atoms with Crippen LogP contribution >= 0.6 is 11.6 Å². The van der Waals surface area contributed by atoms with Crippen LogP contribution in [0.3, 0.4) is 0 Å². The average Bonchev–Trinajstić information content (AvgIpc) is 2.41. The van der Waals surface area contributed by atoms with Crippen molar-refractivity contribution in [3.8, 4) is 5.75 Å². The molecule has 0 bridgehead atoms. The largest absolute Gasteiger partial charge is 0.488 e. The first kappa shape index (κ1) is 13.9. The molecule has 1 aliphatic carbocycles. The number of carboxylic acid groups (broad SMARTS) is 1. The number of carboxylic acids is 1. The Kier molecular flexibility index (Phi) is 3.37. The number of rotatable bonds is 3. The van der Waals surface area contributed by atoms with Crippen molar-refractivity contribution in [2.45, 2.75) is 24.8 Å². The molecule has 1 saturated carbocycles. The highest BCUT2D eigenvalue weighted by Gasteiger charge is 2.46. The fraction of sp³-hybridized carbons (Fsp3) is 0.333. The van der Waals surface area contributed by atoms with E-state index in [1.807, 2.05) is 0 Å². The van der Waals surface area contributed by atoms with Gasteiger partial charge in [0.05, 0.1) is 5.57 Å². The number of amides is 1. The number of nitrogens with one attached hydrogen (secondary N) is 1. The molecule has 1 fully saturated rings. The maximum atomic E-state index is 12.2. The average molecular weight is 308 g/mol. The number of halogens is 1. The minimum Gasteiger partial charge on any atom is -0.488 e. The van der Waals surface area contributed by atoms with Gasteiger partial charge in [0.15, 0.2) is 0 Å². The van der Waals surface area contributed by atoms with Crippen LogP contribution in [0.5, 0.6) is 5.75 Å². The van der Waals surface area contributed by atoms with Gasteiger partial charge < -0.3 is 15.2 Å². The lowest BCUT2D eigenvalue weighted by atomic mass is 9.76. The molecule has 6 heteroatoms. The SMILES string of the molecule is O=C(NC1(C(=O)O)CCC1)C1=Cc2cc(Cl)ccc2OC1. The van der Waals surface area contributed by atoms with Crippen molar-refractivity contribution in [2.24, 2.45) is 0 Å². The smallest absolute Gasteiger partial charge is 0.329 e. The number of carbonyl (C=O) groups is 2. The van der Waals surface area contributed by atoms with E-state index in [9.17, 15) is 14.7 Å². The molecule has 5 nitrogen and oxygen atoms in total. The van der Waals surface area contributed by atoms with Crippen LogP contribution in [0.2, 0.25) is 5.02 Å². The Morgan fingerprint density at radius 2 is 2.10 bits per heavy atom. The van der Waals surface area contributed by atoms with E-state index in [1.54, 1.807) is 24.3 Å². The van der Waals surface area contributed by atoms with Gasteiger partial charge in [0.1, 0.15) is 17.9 Å². The van der Waals surface area contributed by atoms with Crippen LogP contribution in [0.4, 0.5) is 0 Å². The van der Waals surface area contributed by atoms with Crippen LogP contribution in [0.15, 0.2) is 23.8 Å². The van der Waals surface area contributed by atoms with Crippen molar-refractivity contribution >= 4 is 29.6 Å². The third-order valence-electron chi connectivity index (χ3n) is 3.95. The summed E-state index contributed by atoms with van der Waals surface area (Å²) in [5, 5.41) is 12.4. The number of benzene rings is 1. The third-order valence-corrected chi connectivity index (χ3v) is 4.18. The predicted octanol–water partition coefficient (Wildman–Crippen LogP) is 2.24. The van der Waals surface area contributed by atoms with E-state index >= 15 is 0 Å². The van der Waals surface area contributed by atoms with E-state index in [4.69, 9.17) is 16.3 Å². The highest BCUT2D eigenvalue weighted by Crippen LogP contribution is 2.33. The first-order valence-corrected chi connectivity index (χ1v) is 7.07. The first-order chi connectivity index (χ1) is 10.00. The summed E-state index contributed by atoms with van der Waals surface area (Å²) in [4.78, 5) is 23.5. The molecule has 1 aromatic rings. The van der Waals surface area contributed by atoms with Crippen LogP contribution < -0.4 is 10.1 Å². The van der Waals surface area contributed by atoms with Gasteiger partial charge in [-0.05, 0) is 43.5 Å². The summed E-state index contributed by atoms with van der Waals surface area (Å²) in [5.74, 6) is -0.724. The molecule has 1 aliphatic heterocycles. The van der Waals surface area contributed by atoms with E-state index in [0.29, 0.717) is 29.2 Å². The van der Waals surface area contributed by atoms with Gasteiger partial charge in [-0.15, -0.1) is 0 Å². The van der Waals surface area contributed by atoms with Crippen LogP contribution in [0.25, 0.3) is 6.08 Å². The van der Waals surface area contributed by atoms with E-state index in [0.717, 1.165) is 12.0 Å². The molecule has 0 saturated heterocycles. The second-order valence-electron chi connectivity index (χ2n) is 5.34. The number of hydrogen-bond acceptors (Lipinski definition) is 3. The van der Waals surface area contributed by atoms with Gasteiger partial charge in [-0.2, -0.15) is 0 Å². The van der Waals surface area contributed by atoms with Gasteiger partial charge >= 0.3 is 5.97 Å². The summed E-state index contributed by atoms with van der Waals surface area (Å²) in [6, 6.07) is 5.17. The lowest BCUT2D eigenvalue weighted by Gasteiger charge is -2.38. The Labute approximate surface area is 126 Å². The summed E-state index contributed by atoms with van der Waals surface area (Å²) in [6.45, 7) is 0.121. The standard InChI is InChI=1S/C15H14ClNO4/c16-11-2-3-12-9(7-11)6-10(8-21-12)13(18)17-15(14(19)20)4-1-5-15/h2-3,6-7H,1,4-5,8H2,(H,17,18)(H,19,20). The molecule has 1 heterocycles. The topological polar surface area (TPSA) is 75.6 Å². The van der Waals surface area contributed by atoms with Crippen molar-refractivity contribution < 1.29 is 19.4 Å². The quantitative estimate of drug-likeness (QED) is 0.898. The molecule has 2 N–H and O–H groups in total. The molecule has 110 valence electrons. The van der Waals surface area contributed by atoms with Gasteiger partial charge in [-0.1, -0.05) is 11.6 Å². The van der Waals surface area contributed by atoms with E-state index in [2.05, 4.69) is 5.32 Å². The van der Waals surface area contributed by atoms with Gasteiger partial charge in [0.25, 0.3) is 5.91 Å². The molecule has 0 unspecified atom stereocenters. The van der Waals surface area contributed by atoms with Crippen LogP contribution in [0.1, 0.15) is 24.8 Å². The summed E-state index contributed by atoms with van der Waals surface area (Å²) in [6.07, 6.45) is 3.42. The van der Waals surface area contributed by atoms with Crippen molar-refractivity contribution in [3.05, 3.63) is 34.4 Å². The van der Waals surface area contributed by atoms with Crippen molar-refractivity contribution in [3.63, 3.8) is 0 Å². The number of hydrogen-bond donors (Lipinski definition) is 2. The third kappa shape index (κ3) is 2.49. The van der Waals surface area contributed by atoms with Crippen LogP contribution in [-0.2, 0) is 9.59 Å². The minimum absolute atomic E-state index is 0.121. The second kappa shape index (κ2) is 5.07. The zero-order valence-electron chi connectivity index (χ0n) is 11.2. The monoisotopic (exact) mass is 307 g/mol. The molecule has 0 spiro atoms. The molecule has 2 aliphatic rings. The maximum Gasteiger partial charge on any atom is 0.329 e. The second-order valence-corrected chi connectivity index (χ2v) is 5.77. The van der Waals surface area contributed by atoms with Crippen molar-refractivity contribution in [1.29, 1.82) is 0 Å². The summed E-state index contributed by atoms with van der Waals surface area (Å²) < 4.78 is 5.50. The molecule has 0 atom stereocenters. The Morgan fingerprint density at radius 3 is 2.71 bits per heavy atom. The lowest BCUT2D eigenvalue weighted by Crippen LogP contribution is -2.59. The Balaban J connectivity index is 1.81. The Hall–Kier alpha value is -2.01. The summed E-state index contributed by atoms with van der Waals surface area (Å²) in [5.41, 5.74) is 0.00109. The van der Waals surface area contributed by atoms with Crippen molar-refractivity contribution in [1.82, 2.24) is 5.32 Å². The number of fused-ring (bicyclic) bond motifs is 1. The predicted molar refractivity (Wildman–Crippen MR) is 77.3 cm³/mol. The fourth-order valence-corrected chi connectivity index (χ4v) is 2.68. The molecule has 0 aromatic heterocycles. The zero-order chi connectivity index (χ0) is 15.0. The van der Waals surface area contributed by atoms with E-state index < -0.39 is 17.4 Å². The maximum absolute atomic E-state index is 12.2. The fourth-order valence-electron chi connectivity index (χ4n) is 2.50. The molecule has 3 rings (SSSR count). The lowest BCUT2D eigenvalue weighted by molar-refractivity contribution is -0.151. The van der Waals surface area contributed by atoms with Gasteiger partial charge in [-0.3, -0.25) is 4.79 Å². The molecule has 21 heavy (non-hydrogen) atoms. The normalized spacial score (nSPS) is 18.6. The van der Waals surface area contributed by atoms with E-state index in [1.165, 1.54) is 0 Å². The Morgan fingerprint density at radius 1 is 1.33 bits per heavy atom. The molecular weight excluding hydrogens is 294 g/mol. The molecule has 1 amide bonds. The van der Waals surface area contributed by atoms with Gasteiger partial charge in [0.2, 0.25) is 0 Å². The van der Waals surface area contributed by atoms with E-state index in [-0.39, 0.29) is 6.61 Å². The van der Waals surface area contributed by atoms with Gasteiger partial charge in [-0.25, -0.2) is 4.79 Å². The highest BCUT2D eigenvalue weighted by atomic mass is 35.5. The van der Waals surface area contributed by atoms with Crippen LogP contribution in [-0.4, -0.2) is 29.1 Å². The first-order valence-electron chi connectivity index (χ1n) is 6.69. The molecular formula is C15H14ClNO4. The van der Waals surface area contributed by atoms with Crippen LogP contribution in [0, 0.1) is 0 Å². The summed E-state index contributed by atoms with van der Waals surface area (Å²) in [7, 11) is 0. The number of ether oxygens (including phenoxy) is 1. The Bertz CT molecular complexity index is 649. The summed E-state index contributed by atoms with van der Waals surface area (Å²) >= 11 is 5.92. The molecule has 1 aromatic carbocycles. The van der Waals surface area contributed by atoms with Gasteiger partial charge in [0, 0.05) is 10.6 Å². The number of aliphatic carboxylic acids is 1. The number of carbonyl (C=O) groups excluding carboxylic acids is 1. The van der Waals surface area contributed by atoms with Crippen molar-refractivity contribution in [2.75, 3.05) is 6.61 Å². The molecule has 0 radical (unpaired) electrons. The highest BCUT2D eigenvalue weighted by molar-refractivity contribution is 6.30. The zero-order valence-corrected chi connectivity index (χ0v) is 11.9. The minimum atomic E-state index is -1.12.